The molecule has 0 aliphatic heterocycles. The van der Waals surface area contributed by atoms with Crippen LogP contribution in [-0.4, -0.2) is 33.7 Å². The van der Waals surface area contributed by atoms with Gasteiger partial charge in [0, 0.05) is 13.1 Å². The molecule has 0 radical (unpaired) electrons. The average Bonchev–Trinajstić information content (AvgIpc) is 2.38. The van der Waals surface area contributed by atoms with E-state index in [2.05, 4.69) is 5.10 Å². The van der Waals surface area contributed by atoms with Crippen LogP contribution >= 0.6 is 0 Å². The van der Waals surface area contributed by atoms with Gasteiger partial charge >= 0.3 is 0 Å². The minimum atomic E-state index is -0.508. The first kappa shape index (κ1) is 14.9. The number of nitrogens with zero attached hydrogens (tertiary/aromatic N) is 4. The summed E-state index contributed by atoms with van der Waals surface area (Å²) >= 11 is 0. The van der Waals surface area contributed by atoms with Crippen molar-refractivity contribution in [1.29, 1.82) is 5.26 Å². The highest BCUT2D eigenvalue weighted by Gasteiger charge is 2.16. The molecule has 102 valence electrons. The van der Waals surface area contributed by atoms with Crippen molar-refractivity contribution >= 4 is 5.91 Å². The lowest BCUT2D eigenvalue weighted by Gasteiger charge is -2.19. The first-order chi connectivity index (χ1) is 8.96. The fourth-order valence-electron chi connectivity index (χ4n) is 1.82. The van der Waals surface area contributed by atoms with E-state index in [0.717, 1.165) is 4.68 Å². The number of hydrogen-bond acceptors (Lipinski definition) is 4. The number of nitriles is 1. The van der Waals surface area contributed by atoms with E-state index in [-0.39, 0.29) is 18.0 Å². The van der Waals surface area contributed by atoms with Crippen molar-refractivity contribution in [1.82, 2.24) is 14.7 Å². The zero-order valence-electron chi connectivity index (χ0n) is 11.7. The van der Waals surface area contributed by atoms with E-state index in [1.807, 2.05) is 19.9 Å². The summed E-state index contributed by atoms with van der Waals surface area (Å²) < 4.78 is 1.07. The summed E-state index contributed by atoms with van der Waals surface area (Å²) in [5, 5.41) is 13.1. The number of aromatic nitrogens is 2. The second-order valence-corrected chi connectivity index (χ2v) is 4.23. The molecule has 1 heterocycles. The predicted molar refractivity (Wildman–Crippen MR) is 70.6 cm³/mol. The Kier molecular flexibility index (Phi) is 4.81. The number of carbonyl (C=O) groups is 1. The third-order valence-electron chi connectivity index (χ3n) is 3.15. The van der Waals surface area contributed by atoms with Gasteiger partial charge in [0.05, 0.1) is 5.69 Å². The van der Waals surface area contributed by atoms with Gasteiger partial charge in [-0.15, -0.1) is 0 Å². The van der Waals surface area contributed by atoms with Gasteiger partial charge in [-0.2, -0.15) is 10.4 Å². The first-order valence-corrected chi connectivity index (χ1v) is 6.22. The molecule has 0 saturated carbocycles. The molecule has 0 fully saturated rings. The molecule has 1 amide bonds. The largest absolute Gasteiger partial charge is 0.342 e. The second kappa shape index (κ2) is 6.14. The Labute approximate surface area is 112 Å². The average molecular weight is 262 g/mol. The molecule has 0 atom stereocenters. The van der Waals surface area contributed by atoms with E-state index in [9.17, 15) is 9.59 Å². The normalized spacial score (nSPS) is 10.1. The molecule has 1 rings (SSSR count). The molecule has 0 unspecified atom stereocenters. The van der Waals surface area contributed by atoms with Gasteiger partial charge in [-0.3, -0.25) is 9.59 Å². The number of hydrogen-bond donors (Lipinski definition) is 0. The Morgan fingerprint density at radius 1 is 1.37 bits per heavy atom. The Bertz CT molecular complexity index is 580. The fourth-order valence-corrected chi connectivity index (χ4v) is 1.82. The van der Waals surface area contributed by atoms with E-state index >= 15 is 0 Å². The SMILES string of the molecule is CCN(CC)C(=O)Cn1nc(C)c(C)c(C#N)c1=O. The lowest BCUT2D eigenvalue weighted by molar-refractivity contribution is -0.131. The molecule has 0 saturated heterocycles. The van der Waals surface area contributed by atoms with Crippen LogP contribution in [0.1, 0.15) is 30.7 Å². The fraction of sp³-hybridized carbons (Fsp3) is 0.538. The minimum Gasteiger partial charge on any atom is -0.342 e. The summed E-state index contributed by atoms with van der Waals surface area (Å²) in [4.78, 5) is 25.6. The molecular weight excluding hydrogens is 244 g/mol. The monoisotopic (exact) mass is 262 g/mol. The van der Waals surface area contributed by atoms with Gasteiger partial charge < -0.3 is 4.90 Å². The zero-order valence-corrected chi connectivity index (χ0v) is 11.7. The Hall–Kier alpha value is -2.16. The molecule has 0 aromatic carbocycles. The highest BCUT2D eigenvalue weighted by atomic mass is 16.2. The van der Waals surface area contributed by atoms with Crippen LogP contribution in [0.2, 0.25) is 0 Å². The van der Waals surface area contributed by atoms with Crippen LogP contribution in [0.25, 0.3) is 0 Å². The van der Waals surface area contributed by atoms with Crippen molar-refractivity contribution in [3.63, 3.8) is 0 Å². The summed E-state index contributed by atoms with van der Waals surface area (Å²) in [6, 6.07) is 1.88. The Morgan fingerprint density at radius 2 is 1.95 bits per heavy atom. The highest BCUT2D eigenvalue weighted by Crippen LogP contribution is 2.04. The number of rotatable bonds is 4. The third kappa shape index (κ3) is 2.99. The standard InChI is InChI=1S/C13H18N4O2/c1-5-16(6-2)12(18)8-17-13(19)11(7-14)9(3)10(4)15-17/h5-6,8H2,1-4H3. The molecule has 0 aliphatic rings. The van der Waals surface area contributed by atoms with Crippen molar-refractivity contribution in [2.24, 2.45) is 0 Å². The maximum atomic E-state index is 12.0. The molecule has 6 nitrogen and oxygen atoms in total. The second-order valence-electron chi connectivity index (χ2n) is 4.23. The van der Waals surface area contributed by atoms with Gasteiger partial charge in [-0.25, -0.2) is 4.68 Å². The van der Waals surface area contributed by atoms with E-state index in [4.69, 9.17) is 5.26 Å². The molecule has 0 aliphatic carbocycles. The van der Waals surface area contributed by atoms with Crippen molar-refractivity contribution < 1.29 is 4.79 Å². The van der Waals surface area contributed by atoms with Gasteiger partial charge in [0.25, 0.3) is 5.56 Å². The molecule has 6 heteroatoms. The van der Waals surface area contributed by atoms with Crippen molar-refractivity contribution in [2.75, 3.05) is 13.1 Å². The van der Waals surface area contributed by atoms with Crippen LogP contribution in [0.4, 0.5) is 0 Å². The summed E-state index contributed by atoms with van der Waals surface area (Å²) in [6.07, 6.45) is 0. The summed E-state index contributed by atoms with van der Waals surface area (Å²) in [7, 11) is 0. The maximum absolute atomic E-state index is 12.0. The lowest BCUT2D eigenvalue weighted by atomic mass is 10.1. The first-order valence-electron chi connectivity index (χ1n) is 6.22. The lowest BCUT2D eigenvalue weighted by Crippen LogP contribution is -2.38. The Balaban J connectivity index is 3.17. The molecule has 0 N–H and O–H groups in total. The van der Waals surface area contributed by atoms with Gasteiger partial charge in [0.15, 0.2) is 0 Å². The van der Waals surface area contributed by atoms with E-state index < -0.39 is 5.56 Å². The molecule has 0 bridgehead atoms. The summed E-state index contributed by atoms with van der Waals surface area (Å²) in [5.41, 5.74) is 0.702. The van der Waals surface area contributed by atoms with E-state index in [0.29, 0.717) is 24.3 Å². The molecule has 1 aromatic heterocycles. The summed E-state index contributed by atoms with van der Waals surface area (Å²) in [6.45, 7) is 8.18. The number of aryl methyl sites for hydroxylation is 1. The van der Waals surface area contributed by atoms with Crippen molar-refractivity contribution in [3.05, 3.63) is 27.2 Å². The summed E-state index contributed by atoms with van der Waals surface area (Å²) in [5.74, 6) is -0.174. The zero-order chi connectivity index (χ0) is 14.6. The highest BCUT2D eigenvalue weighted by molar-refractivity contribution is 5.75. The third-order valence-corrected chi connectivity index (χ3v) is 3.15. The van der Waals surface area contributed by atoms with E-state index in [1.54, 1.807) is 18.7 Å². The smallest absolute Gasteiger partial charge is 0.285 e. The number of likely N-dealkylation sites (N-methyl/N-ethyl adjacent to an activating group) is 1. The van der Waals surface area contributed by atoms with Crippen LogP contribution in [0.3, 0.4) is 0 Å². The van der Waals surface area contributed by atoms with Gasteiger partial charge in [-0.05, 0) is 33.3 Å². The van der Waals surface area contributed by atoms with Crippen LogP contribution in [0.15, 0.2) is 4.79 Å². The minimum absolute atomic E-state index is 0.0554. The topological polar surface area (TPSA) is 79.0 Å². The number of amides is 1. The van der Waals surface area contributed by atoms with Gasteiger partial charge in [0.2, 0.25) is 5.91 Å². The van der Waals surface area contributed by atoms with Crippen LogP contribution in [0, 0.1) is 25.2 Å². The van der Waals surface area contributed by atoms with Crippen LogP contribution in [-0.2, 0) is 11.3 Å². The van der Waals surface area contributed by atoms with Gasteiger partial charge in [0.1, 0.15) is 18.2 Å². The number of carbonyl (C=O) groups excluding carboxylic acids is 1. The quantitative estimate of drug-likeness (QED) is 0.796. The van der Waals surface area contributed by atoms with Crippen LogP contribution < -0.4 is 5.56 Å². The Morgan fingerprint density at radius 3 is 2.42 bits per heavy atom. The molecule has 0 spiro atoms. The van der Waals surface area contributed by atoms with Crippen molar-refractivity contribution in [3.8, 4) is 6.07 Å². The van der Waals surface area contributed by atoms with Gasteiger partial charge in [-0.1, -0.05) is 0 Å². The van der Waals surface area contributed by atoms with Crippen molar-refractivity contribution in [2.45, 2.75) is 34.2 Å². The molecule has 1 aromatic rings. The predicted octanol–water partition coefficient (Wildman–Crippen LogP) is 0.600. The van der Waals surface area contributed by atoms with Crippen LogP contribution in [0.5, 0.6) is 0 Å². The molecular formula is C13H18N4O2. The maximum Gasteiger partial charge on any atom is 0.285 e. The van der Waals surface area contributed by atoms with E-state index in [1.165, 1.54) is 0 Å². The molecule has 19 heavy (non-hydrogen) atoms.